The summed E-state index contributed by atoms with van der Waals surface area (Å²) < 4.78 is 32.8. The molecule has 0 bridgehead atoms. The van der Waals surface area contributed by atoms with Crippen LogP contribution >= 0.6 is 11.3 Å². The highest BCUT2D eigenvalue weighted by atomic mass is 32.1. The smallest absolute Gasteiger partial charge is 0.280 e. The number of carbonyl (C=O) groups excluding carboxylic acids is 2. The Hall–Kier alpha value is -4.38. The van der Waals surface area contributed by atoms with Crippen LogP contribution in [-0.4, -0.2) is 35.7 Å². The summed E-state index contributed by atoms with van der Waals surface area (Å²) in [6.45, 7) is 1.90. The van der Waals surface area contributed by atoms with Crippen molar-refractivity contribution in [1.29, 1.82) is 0 Å². The first-order valence-electron chi connectivity index (χ1n) is 11.6. The van der Waals surface area contributed by atoms with Gasteiger partial charge in [0.2, 0.25) is 6.10 Å². The van der Waals surface area contributed by atoms with Gasteiger partial charge in [0.15, 0.2) is 0 Å². The van der Waals surface area contributed by atoms with Crippen molar-refractivity contribution in [2.24, 2.45) is 10.9 Å². The van der Waals surface area contributed by atoms with Gasteiger partial charge in [0.1, 0.15) is 21.2 Å². The van der Waals surface area contributed by atoms with Gasteiger partial charge in [0.05, 0.1) is 18.5 Å². The molecule has 0 radical (unpaired) electrons. The van der Waals surface area contributed by atoms with E-state index in [0.717, 1.165) is 16.9 Å². The monoisotopic (exact) mass is 536 g/mol. The van der Waals surface area contributed by atoms with Crippen molar-refractivity contribution in [2.75, 3.05) is 12.4 Å². The number of carbonyl (C=O) groups is 2. The molecule has 3 heterocycles. The van der Waals surface area contributed by atoms with Crippen LogP contribution in [0.5, 0.6) is 5.75 Å². The number of thiophene rings is 1. The number of halogens is 2. The summed E-state index contributed by atoms with van der Waals surface area (Å²) in [5.41, 5.74) is 8.48. The van der Waals surface area contributed by atoms with Gasteiger partial charge in [0, 0.05) is 17.4 Å². The van der Waals surface area contributed by atoms with Crippen LogP contribution in [0.25, 0.3) is 21.3 Å². The molecule has 1 atom stereocenters. The number of oxime groups is 1. The molecule has 5 rings (SSSR count). The predicted octanol–water partition coefficient (Wildman–Crippen LogP) is 5.45. The highest BCUT2D eigenvalue weighted by Gasteiger charge is 2.32. The number of nitrogens with zero attached hydrogens (tertiary/aromatic N) is 2. The number of benzene rings is 2. The van der Waals surface area contributed by atoms with Crippen molar-refractivity contribution in [3.8, 4) is 16.9 Å². The second-order valence-electron chi connectivity index (χ2n) is 8.64. The molecule has 0 spiro atoms. The minimum atomic E-state index is -2.83. The van der Waals surface area contributed by atoms with Crippen LogP contribution < -0.4 is 15.8 Å². The Morgan fingerprint density at radius 1 is 1.16 bits per heavy atom. The zero-order valence-corrected chi connectivity index (χ0v) is 21.1. The Balaban J connectivity index is 1.54. The summed E-state index contributed by atoms with van der Waals surface area (Å²) in [5, 5.41) is 7.14. The normalized spacial score (nSPS) is 14.9. The molecular formula is C27H22F2N4O4S. The van der Waals surface area contributed by atoms with E-state index in [4.69, 9.17) is 15.3 Å². The zero-order chi connectivity index (χ0) is 27.0. The molecule has 0 saturated carbocycles. The minimum absolute atomic E-state index is 0.00973. The van der Waals surface area contributed by atoms with Crippen molar-refractivity contribution in [2.45, 2.75) is 25.9 Å². The molecule has 0 saturated heterocycles. The lowest BCUT2D eigenvalue weighted by atomic mass is 10.00. The second kappa shape index (κ2) is 10.2. The van der Waals surface area contributed by atoms with Crippen LogP contribution in [0.15, 0.2) is 59.8 Å². The van der Waals surface area contributed by atoms with E-state index >= 15 is 0 Å². The molecule has 0 aliphatic carbocycles. The molecule has 8 nitrogen and oxygen atoms in total. The summed E-state index contributed by atoms with van der Waals surface area (Å²) in [5.74, 6) is -0.817. The number of pyridine rings is 1. The summed E-state index contributed by atoms with van der Waals surface area (Å²) in [7, 11) is 1.53. The number of amides is 2. The Bertz CT molecular complexity index is 1580. The Morgan fingerprint density at radius 2 is 1.89 bits per heavy atom. The number of methoxy groups -OCH3 is 1. The average molecular weight is 537 g/mol. The van der Waals surface area contributed by atoms with Crippen LogP contribution in [0.4, 0.5) is 14.5 Å². The zero-order valence-electron chi connectivity index (χ0n) is 20.3. The number of nitrogens with one attached hydrogen (secondary N) is 1. The van der Waals surface area contributed by atoms with Gasteiger partial charge in [-0.2, -0.15) is 0 Å². The molecule has 11 heteroatoms. The number of aryl methyl sites for hydroxylation is 1. The molecule has 2 aromatic carbocycles. The van der Waals surface area contributed by atoms with Crippen molar-refractivity contribution < 1.29 is 27.9 Å². The first-order valence-corrected chi connectivity index (χ1v) is 12.4. The number of hydrogen-bond acceptors (Lipinski definition) is 7. The quantitative estimate of drug-likeness (QED) is 0.326. The molecule has 4 aromatic rings. The van der Waals surface area contributed by atoms with E-state index in [1.807, 2.05) is 31.2 Å². The van der Waals surface area contributed by atoms with Crippen molar-refractivity contribution in [3.05, 3.63) is 76.3 Å². The van der Waals surface area contributed by atoms with Crippen LogP contribution in [0, 0.1) is 6.92 Å². The number of para-hydroxylation sites is 1. The molecular weight excluding hydrogens is 514 g/mol. The fourth-order valence-corrected chi connectivity index (χ4v) is 5.26. The predicted molar refractivity (Wildman–Crippen MR) is 141 cm³/mol. The summed E-state index contributed by atoms with van der Waals surface area (Å²) >= 11 is 0.843. The largest absolute Gasteiger partial charge is 0.496 e. The van der Waals surface area contributed by atoms with E-state index < -0.39 is 30.0 Å². The van der Waals surface area contributed by atoms with Gasteiger partial charge >= 0.3 is 0 Å². The SMILES string of the molecule is COc1ccccc1C1=NOC(C(=O)Nc2c(C(N)=O)sc3nc(C(F)F)cc(-c4ccc(C)cc4)c23)C1. The number of fused-ring (bicyclic) bond motifs is 1. The average Bonchev–Trinajstić information content (AvgIpc) is 3.54. The van der Waals surface area contributed by atoms with E-state index in [0.29, 0.717) is 33.5 Å². The van der Waals surface area contributed by atoms with E-state index in [1.165, 1.54) is 13.2 Å². The maximum absolute atomic E-state index is 13.7. The topological polar surface area (TPSA) is 116 Å². The minimum Gasteiger partial charge on any atom is -0.496 e. The van der Waals surface area contributed by atoms with Crippen LogP contribution in [0.3, 0.4) is 0 Å². The van der Waals surface area contributed by atoms with Gasteiger partial charge in [-0.15, -0.1) is 11.3 Å². The lowest BCUT2D eigenvalue weighted by Crippen LogP contribution is -2.29. The Labute approximate surface area is 220 Å². The number of aromatic nitrogens is 1. The van der Waals surface area contributed by atoms with Crippen LogP contribution in [0.1, 0.15) is 39.3 Å². The highest BCUT2D eigenvalue weighted by Crippen LogP contribution is 2.42. The van der Waals surface area contributed by atoms with Gasteiger partial charge in [-0.3, -0.25) is 9.59 Å². The first-order chi connectivity index (χ1) is 18.3. The molecule has 0 fully saturated rings. The van der Waals surface area contributed by atoms with Crippen molar-refractivity contribution in [3.63, 3.8) is 0 Å². The Kier molecular flexibility index (Phi) is 6.77. The number of anilines is 1. The van der Waals surface area contributed by atoms with E-state index in [1.54, 1.807) is 24.3 Å². The van der Waals surface area contributed by atoms with Crippen molar-refractivity contribution >= 4 is 44.8 Å². The summed E-state index contributed by atoms with van der Waals surface area (Å²) in [6.07, 6.45) is -3.68. The maximum atomic E-state index is 13.7. The molecule has 2 amide bonds. The number of alkyl halides is 2. The van der Waals surface area contributed by atoms with Crippen LogP contribution in [0.2, 0.25) is 0 Å². The maximum Gasteiger partial charge on any atom is 0.280 e. The van der Waals surface area contributed by atoms with Gasteiger partial charge in [-0.1, -0.05) is 47.1 Å². The van der Waals surface area contributed by atoms with Crippen molar-refractivity contribution in [1.82, 2.24) is 4.98 Å². The Morgan fingerprint density at radius 3 is 2.58 bits per heavy atom. The molecule has 194 valence electrons. The summed E-state index contributed by atoms with van der Waals surface area (Å²) in [4.78, 5) is 35.3. The lowest BCUT2D eigenvalue weighted by molar-refractivity contribution is -0.125. The van der Waals surface area contributed by atoms with E-state index in [-0.39, 0.29) is 21.8 Å². The fourth-order valence-electron chi connectivity index (χ4n) is 4.25. The molecule has 1 aliphatic heterocycles. The van der Waals surface area contributed by atoms with Crippen LogP contribution in [-0.2, 0) is 9.63 Å². The number of hydrogen-bond donors (Lipinski definition) is 2. The molecule has 1 aliphatic rings. The third-order valence-electron chi connectivity index (χ3n) is 6.12. The molecule has 2 aromatic heterocycles. The number of primary amides is 1. The number of rotatable bonds is 7. The fraction of sp³-hybridized carbons (Fsp3) is 0.185. The third kappa shape index (κ3) is 4.68. The third-order valence-corrected chi connectivity index (χ3v) is 7.22. The number of nitrogens with two attached hydrogens (primary N) is 1. The summed E-state index contributed by atoms with van der Waals surface area (Å²) in [6, 6.07) is 15.7. The first kappa shape index (κ1) is 25.3. The molecule has 38 heavy (non-hydrogen) atoms. The van der Waals surface area contributed by atoms with Gasteiger partial charge in [0.25, 0.3) is 18.2 Å². The molecule has 3 N–H and O–H groups in total. The van der Waals surface area contributed by atoms with Gasteiger partial charge < -0.3 is 20.6 Å². The number of ether oxygens (including phenoxy) is 1. The standard InChI is InChI=1S/C27H22F2N4O4S/c1-13-7-9-14(10-8-13)16-11-18(24(28)29)31-27-21(16)22(23(38-27)25(30)34)32-26(35)20-12-17(33-37-20)15-5-3-4-6-19(15)36-2/h3-11,20,24H,12H2,1-2H3,(H2,30,34)(H,32,35). The lowest BCUT2D eigenvalue weighted by Gasteiger charge is -2.13. The molecule has 1 unspecified atom stereocenters. The van der Waals surface area contributed by atoms with Gasteiger partial charge in [-0.25, -0.2) is 13.8 Å². The van der Waals surface area contributed by atoms with Gasteiger partial charge in [-0.05, 0) is 36.2 Å². The highest BCUT2D eigenvalue weighted by molar-refractivity contribution is 7.21. The van der Waals surface area contributed by atoms with E-state index in [9.17, 15) is 18.4 Å². The van der Waals surface area contributed by atoms with E-state index in [2.05, 4.69) is 15.5 Å². The second-order valence-corrected chi connectivity index (χ2v) is 9.64.